The minimum Gasteiger partial charge on any atom is -0.325 e. The summed E-state index contributed by atoms with van der Waals surface area (Å²) in [5.41, 5.74) is 0.536. The van der Waals surface area contributed by atoms with Gasteiger partial charge >= 0.3 is 0 Å². The second-order valence-electron chi connectivity index (χ2n) is 3.48. The van der Waals surface area contributed by atoms with E-state index in [9.17, 15) is 4.79 Å². The van der Waals surface area contributed by atoms with Crippen molar-refractivity contribution < 1.29 is 4.79 Å². The van der Waals surface area contributed by atoms with Crippen molar-refractivity contribution in [3.63, 3.8) is 0 Å². The minimum atomic E-state index is -0.0689. The molecule has 6 heteroatoms. The monoisotopic (exact) mass is 338 g/mol. The van der Waals surface area contributed by atoms with Crippen molar-refractivity contribution in [2.24, 2.45) is 0 Å². The average molecular weight is 340 g/mol. The van der Waals surface area contributed by atoms with Gasteiger partial charge in [-0.2, -0.15) is 0 Å². The van der Waals surface area contributed by atoms with E-state index in [1.54, 1.807) is 12.1 Å². The maximum Gasteiger partial charge on any atom is 0.224 e. The first-order valence-electron chi connectivity index (χ1n) is 5.14. The second-order valence-corrected chi connectivity index (χ2v) is 5.09. The van der Waals surface area contributed by atoms with E-state index in [2.05, 4.69) is 26.6 Å². The zero-order chi connectivity index (χ0) is 12.8. The van der Waals surface area contributed by atoms with Crippen LogP contribution in [0.3, 0.4) is 0 Å². The van der Waals surface area contributed by atoms with Crippen molar-refractivity contribution in [1.29, 1.82) is 0 Å². The molecule has 1 amide bonds. The van der Waals surface area contributed by atoms with E-state index in [4.69, 9.17) is 23.2 Å². The predicted molar refractivity (Wildman–Crippen MR) is 76.0 cm³/mol. The lowest BCUT2D eigenvalue weighted by Crippen LogP contribution is -2.15. The van der Waals surface area contributed by atoms with E-state index in [1.807, 2.05) is 7.05 Å². The predicted octanol–water partition coefficient (Wildman–Crippen LogP) is 3.69. The van der Waals surface area contributed by atoms with Crippen molar-refractivity contribution in [1.82, 2.24) is 5.32 Å². The normalized spacial score (nSPS) is 10.4. The molecule has 0 bridgehead atoms. The van der Waals surface area contributed by atoms with Crippen LogP contribution in [0.15, 0.2) is 16.6 Å². The van der Waals surface area contributed by atoms with Crippen LogP contribution in [0.1, 0.15) is 12.8 Å². The Balaban J connectivity index is 2.63. The summed E-state index contributed by atoms with van der Waals surface area (Å²) in [6.45, 7) is 0.808. The van der Waals surface area contributed by atoms with Gasteiger partial charge in [0.25, 0.3) is 0 Å². The number of nitrogens with one attached hydrogen (secondary N) is 2. The number of halogens is 3. The van der Waals surface area contributed by atoms with Gasteiger partial charge in [0.05, 0.1) is 15.7 Å². The highest BCUT2D eigenvalue weighted by atomic mass is 79.9. The minimum absolute atomic E-state index is 0.0689. The van der Waals surface area contributed by atoms with Gasteiger partial charge in [0.1, 0.15) is 0 Å². The number of carbonyl (C=O) groups excluding carboxylic acids is 1. The smallest absolute Gasteiger partial charge is 0.224 e. The second kappa shape index (κ2) is 7.21. The number of hydrogen-bond donors (Lipinski definition) is 2. The molecule has 0 unspecified atom stereocenters. The van der Waals surface area contributed by atoms with Crippen molar-refractivity contribution in [3.8, 4) is 0 Å². The fourth-order valence-corrected chi connectivity index (χ4v) is 2.08. The Kier molecular flexibility index (Phi) is 6.27. The number of hydrogen-bond acceptors (Lipinski definition) is 2. The average Bonchev–Trinajstić information content (AvgIpc) is 2.30. The summed E-state index contributed by atoms with van der Waals surface area (Å²) < 4.78 is 0.706. The first-order valence-corrected chi connectivity index (χ1v) is 6.69. The van der Waals surface area contributed by atoms with Gasteiger partial charge in [-0.05, 0) is 48.1 Å². The number of benzene rings is 1. The Labute approximate surface area is 119 Å². The van der Waals surface area contributed by atoms with Gasteiger partial charge in [-0.15, -0.1) is 0 Å². The molecule has 2 N–H and O–H groups in total. The number of carbonyl (C=O) groups is 1. The molecule has 0 aliphatic carbocycles. The van der Waals surface area contributed by atoms with Crippen molar-refractivity contribution in [2.75, 3.05) is 18.9 Å². The van der Waals surface area contributed by atoms with Gasteiger partial charge in [-0.1, -0.05) is 23.2 Å². The van der Waals surface area contributed by atoms with E-state index >= 15 is 0 Å². The summed E-state index contributed by atoms with van der Waals surface area (Å²) >= 11 is 15.2. The van der Waals surface area contributed by atoms with Crippen LogP contribution in [0.2, 0.25) is 10.0 Å². The van der Waals surface area contributed by atoms with Crippen LogP contribution in [0.4, 0.5) is 5.69 Å². The number of rotatable bonds is 5. The summed E-state index contributed by atoms with van der Waals surface area (Å²) in [7, 11) is 1.85. The quantitative estimate of drug-likeness (QED) is 0.634. The van der Waals surface area contributed by atoms with E-state index in [0.717, 1.165) is 13.0 Å². The van der Waals surface area contributed by atoms with Crippen LogP contribution < -0.4 is 10.6 Å². The Hall–Kier alpha value is -0.290. The third-order valence-electron chi connectivity index (χ3n) is 2.14. The molecule has 17 heavy (non-hydrogen) atoms. The van der Waals surface area contributed by atoms with Crippen LogP contribution in [-0.2, 0) is 4.79 Å². The maximum absolute atomic E-state index is 11.6. The SMILES string of the molecule is CNCCCC(=O)Nc1ccc(Br)c(Cl)c1Cl. The van der Waals surface area contributed by atoms with Gasteiger partial charge in [-0.3, -0.25) is 4.79 Å². The molecule has 94 valence electrons. The Bertz CT molecular complexity index is 413. The van der Waals surface area contributed by atoms with Crippen LogP contribution in [0.5, 0.6) is 0 Å². The Morgan fingerprint density at radius 1 is 1.35 bits per heavy atom. The molecule has 0 aromatic heterocycles. The molecule has 3 nitrogen and oxygen atoms in total. The fraction of sp³-hybridized carbons (Fsp3) is 0.364. The Morgan fingerprint density at radius 3 is 2.71 bits per heavy atom. The van der Waals surface area contributed by atoms with Gasteiger partial charge in [0.2, 0.25) is 5.91 Å². The molecule has 0 fully saturated rings. The van der Waals surface area contributed by atoms with Crippen LogP contribution in [0.25, 0.3) is 0 Å². The molecule has 0 heterocycles. The molecular weight excluding hydrogens is 327 g/mol. The summed E-state index contributed by atoms with van der Waals surface area (Å²) in [6.07, 6.45) is 1.23. The highest BCUT2D eigenvalue weighted by Crippen LogP contribution is 2.35. The van der Waals surface area contributed by atoms with Crippen LogP contribution in [-0.4, -0.2) is 19.5 Å². The number of amides is 1. The largest absolute Gasteiger partial charge is 0.325 e. The molecule has 1 aromatic carbocycles. The molecular formula is C11H13BrCl2N2O. The molecule has 1 rings (SSSR count). The highest BCUT2D eigenvalue weighted by molar-refractivity contribution is 9.10. The van der Waals surface area contributed by atoms with E-state index in [1.165, 1.54) is 0 Å². The standard InChI is InChI=1S/C11H13BrCl2N2O/c1-15-6-2-3-9(17)16-8-5-4-7(12)10(13)11(8)14/h4-5,15H,2-3,6H2,1H3,(H,16,17). The summed E-state index contributed by atoms with van der Waals surface area (Å²) in [5, 5.41) is 6.47. The lowest BCUT2D eigenvalue weighted by atomic mass is 10.2. The van der Waals surface area contributed by atoms with E-state index in [-0.39, 0.29) is 5.91 Å². The van der Waals surface area contributed by atoms with Crippen LogP contribution in [0, 0.1) is 0 Å². The lowest BCUT2D eigenvalue weighted by molar-refractivity contribution is -0.116. The first-order chi connectivity index (χ1) is 8.06. The molecule has 0 atom stereocenters. The highest BCUT2D eigenvalue weighted by Gasteiger charge is 2.10. The van der Waals surface area contributed by atoms with Gasteiger partial charge in [0, 0.05) is 10.9 Å². The Morgan fingerprint density at radius 2 is 2.06 bits per heavy atom. The third-order valence-corrected chi connectivity index (χ3v) is 3.91. The molecule has 0 aliphatic heterocycles. The molecule has 1 aromatic rings. The first kappa shape index (κ1) is 14.8. The van der Waals surface area contributed by atoms with Gasteiger partial charge in [0.15, 0.2) is 0 Å². The molecule has 0 aliphatic rings. The molecule has 0 spiro atoms. The molecule has 0 saturated carbocycles. The van der Waals surface area contributed by atoms with Crippen molar-refractivity contribution in [2.45, 2.75) is 12.8 Å². The maximum atomic E-state index is 11.6. The fourth-order valence-electron chi connectivity index (χ4n) is 1.26. The molecule has 0 radical (unpaired) electrons. The summed E-state index contributed by atoms with van der Waals surface area (Å²) in [5.74, 6) is -0.0689. The number of anilines is 1. The lowest BCUT2D eigenvalue weighted by Gasteiger charge is -2.09. The third kappa shape index (κ3) is 4.47. The van der Waals surface area contributed by atoms with Crippen LogP contribution >= 0.6 is 39.1 Å². The topological polar surface area (TPSA) is 41.1 Å². The van der Waals surface area contributed by atoms with E-state index in [0.29, 0.717) is 26.6 Å². The summed E-state index contributed by atoms with van der Waals surface area (Å²) in [4.78, 5) is 11.6. The van der Waals surface area contributed by atoms with E-state index < -0.39 is 0 Å². The van der Waals surface area contributed by atoms with Crippen molar-refractivity contribution >= 4 is 50.7 Å². The van der Waals surface area contributed by atoms with Crippen molar-refractivity contribution in [3.05, 3.63) is 26.7 Å². The summed E-state index contributed by atoms with van der Waals surface area (Å²) in [6, 6.07) is 3.46. The zero-order valence-corrected chi connectivity index (χ0v) is 12.4. The zero-order valence-electron chi connectivity index (χ0n) is 9.32. The van der Waals surface area contributed by atoms with Gasteiger partial charge < -0.3 is 10.6 Å². The molecule has 0 saturated heterocycles. The van der Waals surface area contributed by atoms with Gasteiger partial charge in [-0.25, -0.2) is 0 Å².